The van der Waals surface area contributed by atoms with E-state index < -0.39 is 0 Å². The zero-order valence-corrected chi connectivity index (χ0v) is 12.2. The van der Waals surface area contributed by atoms with Crippen LogP contribution in [-0.2, 0) is 6.54 Å². The predicted octanol–water partition coefficient (Wildman–Crippen LogP) is 1.92. The van der Waals surface area contributed by atoms with Crippen molar-refractivity contribution >= 4 is 11.6 Å². The molecule has 0 bridgehead atoms. The molecule has 0 radical (unpaired) electrons. The molecule has 0 aromatic carbocycles. The van der Waals surface area contributed by atoms with Crippen LogP contribution in [0.2, 0.25) is 0 Å². The van der Waals surface area contributed by atoms with Gasteiger partial charge < -0.3 is 10.6 Å². The lowest BCUT2D eigenvalue weighted by molar-refractivity contribution is 0.0947. The summed E-state index contributed by atoms with van der Waals surface area (Å²) in [4.78, 5) is 16.1. The molecule has 6 nitrogen and oxygen atoms in total. The van der Waals surface area contributed by atoms with Gasteiger partial charge in [-0.15, -0.1) is 0 Å². The van der Waals surface area contributed by atoms with Crippen molar-refractivity contribution in [3.63, 3.8) is 0 Å². The molecule has 2 aromatic rings. The van der Waals surface area contributed by atoms with Crippen LogP contribution in [0.4, 0.5) is 5.69 Å². The second kappa shape index (κ2) is 8.04. The second-order valence-electron chi connectivity index (χ2n) is 4.74. The molecular weight excluding hydrogens is 266 g/mol. The average molecular weight is 287 g/mol. The van der Waals surface area contributed by atoms with Crippen molar-refractivity contribution < 1.29 is 4.79 Å². The van der Waals surface area contributed by atoms with E-state index in [0.717, 1.165) is 31.6 Å². The third kappa shape index (κ3) is 4.91. The number of aryl methyl sites for hydroxylation is 1. The number of nitrogens with one attached hydrogen (secondary N) is 2. The van der Waals surface area contributed by atoms with E-state index in [0.29, 0.717) is 12.2 Å². The third-order valence-electron chi connectivity index (χ3n) is 2.98. The summed E-state index contributed by atoms with van der Waals surface area (Å²) < 4.78 is 1.85. The second-order valence-corrected chi connectivity index (χ2v) is 4.74. The van der Waals surface area contributed by atoms with Crippen LogP contribution in [0.5, 0.6) is 0 Å². The van der Waals surface area contributed by atoms with Crippen LogP contribution < -0.4 is 10.6 Å². The Hall–Kier alpha value is -2.37. The van der Waals surface area contributed by atoms with Crippen molar-refractivity contribution in [3.8, 4) is 0 Å². The molecule has 0 aliphatic rings. The van der Waals surface area contributed by atoms with Gasteiger partial charge in [-0.2, -0.15) is 5.10 Å². The first-order valence-corrected chi connectivity index (χ1v) is 7.25. The minimum absolute atomic E-state index is 0.141. The minimum atomic E-state index is -0.141. The summed E-state index contributed by atoms with van der Waals surface area (Å²) in [7, 11) is 0. The Morgan fingerprint density at radius 2 is 2.24 bits per heavy atom. The van der Waals surface area contributed by atoms with Gasteiger partial charge >= 0.3 is 0 Å². The monoisotopic (exact) mass is 287 g/mol. The largest absolute Gasteiger partial charge is 0.384 e. The maximum atomic E-state index is 11.9. The molecule has 112 valence electrons. The van der Waals surface area contributed by atoms with Crippen molar-refractivity contribution in [2.24, 2.45) is 0 Å². The van der Waals surface area contributed by atoms with Gasteiger partial charge in [0.05, 0.1) is 11.9 Å². The Kier molecular flexibility index (Phi) is 5.75. The van der Waals surface area contributed by atoms with E-state index in [1.54, 1.807) is 18.5 Å². The van der Waals surface area contributed by atoms with Crippen LogP contribution in [-0.4, -0.2) is 33.8 Å². The van der Waals surface area contributed by atoms with Crippen LogP contribution in [0.1, 0.15) is 30.3 Å². The maximum absolute atomic E-state index is 11.9. The van der Waals surface area contributed by atoms with Crippen molar-refractivity contribution in [1.29, 1.82) is 0 Å². The average Bonchev–Trinajstić information content (AvgIpc) is 3.03. The van der Waals surface area contributed by atoms with Gasteiger partial charge in [0.1, 0.15) is 5.69 Å². The van der Waals surface area contributed by atoms with Crippen LogP contribution in [0, 0.1) is 0 Å². The highest BCUT2D eigenvalue weighted by Crippen LogP contribution is 2.06. The summed E-state index contributed by atoms with van der Waals surface area (Å²) in [6.07, 6.45) is 7.23. The molecule has 0 saturated heterocycles. The smallest absolute Gasteiger partial charge is 0.269 e. The molecule has 2 aromatic heterocycles. The summed E-state index contributed by atoms with van der Waals surface area (Å²) in [5, 5.41) is 10.2. The number of pyridine rings is 1. The molecule has 6 heteroatoms. The van der Waals surface area contributed by atoms with E-state index in [1.807, 2.05) is 23.0 Å². The van der Waals surface area contributed by atoms with Crippen LogP contribution in [0.3, 0.4) is 0 Å². The predicted molar refractivity (Wildman–Crippen MR) is 82.2 cm³/mol. The first-order valence-electron chi connectivity index (χ1n) is 7.25. The van der Waals surface area contributed by atoms with Crippen molar-refractivity contribution in [1.82, 2.24) is 20.1 Å². The van der Waals surface area contributed by atoms with Crippen LogP contribution in [0.15, 0.2) is 36.8 Å². The molecule has 0 spiro atoms. The summed E-state index contributed by atoms with van der Waals surface area (Å²) in [5.41, 5.74) is 1.38. The first-order chi connectivity index (χ1) is 10.3. The van der Waals surface area contributed by atoms with Crippen LogP contribution in [0.25, 0.3) is 0 Å². The number of nitrogens with zero attached hydrogens (tertiary/aromatic N) is 3. The Labute approximate surface area is 124 Å². The van der Waals surface area contributed by atoms with Crippen LogP contribution >= 0.6 is 0 Å². The van der Waals surface area contributed by atoms with Gasteiger partial charge in [-0.1, -0.05) is 6.92 Å². The van der Waals surface area contributed by atoms with Crippen molar-refractivity contribution in [3.05, 3.63) is 42.5 Å². The third-order valence-corrected chi connectivity index (χ3v) is 2.98. The quantitative estimate of drug-likeness (QED) is 0.728. The zero-order chi connectivity index (χ0) is 14.9. The molecule has 0 aliphatic heterocycles. The van der Waals surface area contributed by atoms with E-state index in [4.69, 9.17) is 0 Å². The molecule has 0 aliphatic carbocycles. The molecular formula is C15H21N5O. The van der Waals surface area contributed by atoms with Gasteiger partial charge in [-0.05, 0) is 31.0 Å². The van der Waals surface area contributed by atoms with Gasteiger partial charge in [-0.3, -0.25) is 9.48 Å². The molecule has 21 heavy (non-hydrogen) atoms. The number of rotatable bonds is 8. The van der Waals surface area contributed by atoms with E-state index in [9.17, 15) is 4.79 Å². The number of aromatic nitrogens is 3. The molecule has 2 N–H and O–H groups in total. The molecule has 2 rings (SSSR count). The highest BCUT2D eigenvalue weighted by molar-refractivity contribution is 5.92. The number of anilines is 1. The number of carbonyl (C=O) groups excluding carboxylic acids is 1. The Morgan fingerprint density at radius 1 is 1.33 bits per heavy atom. The van der Waals surface area contributed by atoms with Gasteiger partial charge in [0.2, 0.25) is 0 Å². The van der Waals surface area contributed by atoms with E-state index in [-0.39, 0.29) is 5.91 Å². The standard InChI is InChI=1S/C15H21N5O/c1-2-7-16-13-5-6-14(18-12-13)15(21)17-8-3-10-20-11-4-9-19-20/h4-6,9,11-12,16H,2-3,7-8,10H2,1H3,(H,17,21). The number of amides is 1. The van der Waals surface area contributed by atoms with Gasteiger partial charge in [0.25, 0.3) is 5.91 Å². The number of hydrogen-bond donors (Lipinski definition) is 2. The Balaban J connectivity index is 1.72. The topological polar surface area (TPSA) is 71.8 Å². The zero-order valence-electron chi connectivity index (χ0n) is 12.2. The molecule has 1 amide bonds. The summed E-state index contributed by atoms with van der Waals surface area (Å²) in [6.45, 7) is 4.41. The molecule has 0 atom stereocenters. The fourth-order valence-corrected chi connectivity index (χ4v) is 1.87. The van der Waals surface area contributed by atoms with Gasteiger partial charge in [-0.25, -0.2) is 4.98 Å². The number of hydrogen-bond acceptors (Lipinski definition) is 4. The van der Waals surface area contributed by atoms with Crippen molar-refractivity contribution in [2.75, 3.05) is 18.4 Å². The van der Waals surface area contributed by atoms with Gasteiger partial charge in [0, 0.05) is 32.0 Å². The Morgan fingerprint density at radius 3 is 2.90 bits per heavy atom. The minimum Gasteiger partial charge on any atom is -0.384 e. The normalized spacial score (nSPS) is 10.3. The van der Waals surface area contributed by atoms with Crippen molar-refractivity contribution in [2.45, 2.75) is 26.3 Å². The Bertz CT molecular complexity index is 536. The maximum Gasteiger partial charge on any atom is 0.269 e. The highest BCUT2D eigenvalue weighted by Gasteiger charge is 2.06. The van der Waals surface area contributed by atoms with E-state index >= 15 is 0 Å². The molecule has 0 saturated carbocycles. The molecule has 0 unspecified atom stereocenters. The lowest BCUT2D eigenvalue weighted by atomic mass is 10.3. The lowest BCUT2D eigenvalue weighted by Crippen LogP contribution is -2.26. The summed E-state index contributed by atoms with van der Waals surface area (Å²) in [5.74, 6) is -0.141. The molecule has 0 fully saturated rings. The van der Waals surface area contributed by atoms with E-state index in [2.05, 4.69) is 27.6 Å². The fraction of sp³-hybridized carbons (Fsp3) is 0.400. The highest BCUT2D eigenvalue weighted by atomic mass is 16.1. The summed E-state index contributed by atoms with van der Waals surface area (Å²) >= 11 is 0. The summed E-state index contributed by atoms with van der Waals surface area (Å²) in [6, 6.07) is 5.50. The van der Waals surface area contributed by atoms with Gasteiger partial charge in [0.15, 0.2) is 0 Å². The molecule has 2 heterocycles. The SMILES string of the molecule is CCCNc1ccc(C(=O)NCCCn2cccn2)nc1. The first kappa shape index (κ1) is 15.0. The van der Waals surface area contributed by atoms with E-state index in [1.165, 1.54) is 0 Å². The fourth-order valence-electron chi connectivity index (χ4n) is 1.87. The lowest BCUT2D eigenvalue weighted by Gasteiger charge is -2.07. The number of carbonyl (C=O) groups is 1.